The number of nitrogens with one attached hydrogen (secondary N) is 1. The van der Waals surface area contributed by atoms with Gasteiger partial charge < -0.3 is 15.0 Å². The zero-order valence-corrected chi connectivity index (χ0v) is 21.0. The molecule has 0 amide bonds. The second-order valence-corrected chi connectivity index (χ2v) is 9.75. The van der Waals surface area contributed by atoms with Crippen LogP contribution in [0.4, 0.5) is 5.69 Å². The average Bonchev–Trinajstić information content (AvgIpc) is 3.49. The van der Waals surface area contributed by atoms with E-state index in [1.807, 2.05) is 61.1 Å². The first-order valence-corrected chi connectivity index (χ1v) is 12.9. The molecule has 0 unspecified atom stereocenters. The van der Waals surface area contributed by atoms with Crippen LogP contribution in [0.2, 0.25) is 0 Å². The van der Waals surface area contributed by atoms with E-state index < -0.39 is 5.72 Å². The molecule has 186 valence electrons. The monoisotopic (exact) mass is 490 g/mol. The zero-order valence-electron chi connectivity index (χ0n) is 21.0. The van der Waals surface area contributed by atoms with Crippen molar-refractivity contribution < 1.29 is 9.53 Å². The predicted octanol–water partition coefficient (Wildman–Crippen LogP) is 5.96. The lowest BCUT2D eigenvalue weighted by Gasteiger charge is -2.39. The van der Waals surface area contributed by atoms with Gasteiger partial charge in [0.15, 0.2) is 5.78 Å². The maximum absolute atomic E-state index is 12.8. The summed E-state index contributed by atoms with van der Waals surface area (Å²) >= 11 is 0. The highest BCUT2D eigenvalue weighted by Crippen LogP contribution is 2.38. The first kappa shape index (κ1) is 23.2. The first-order chi connectivity index (χ1) is 18.1. The molecule has 6 heteroatoms. The lowest BCUT2D eigenvalue weighted by atomic mass is 9.86. The summed E-state index contributed by atoms with van der Waals surface area (Å²) in [6.45, 7) is 4.15. The van der Waals surface area contributed by atoms with Crippen molar-refractivity contribution in [3.8, 4) is 5.75 Å². The number of aliphatic imine (C=N–C) groups is 1. The van der Waals surface area contributed by atoms with Crippen molar-refractivity contribution >= 4 is 28.7 Å². The van der Waals surface area contributed by atoms with Crippen LogP contribution < -0.4 is 10.1 Å². The van der Waals surface area contributed by atoms with Gasteiger partial charge in [-0.15, -0.1) is 0 Å². The highest BCUT2D eigenvalue weighted by atomic mass is 16.5. The fourth-order valence-corrected chi connectivity index (χ4v) is 5.45. The number of nitrogens with zero attached hydrogens (tertiary/aromatic N) is 3. The van der Waals surface area contributed by atoms with Gasteiger partial charge in [0.1, 0.15) is 5.75 Å². The number of hydrogen-bond acceptors (Lipinski definition) is 6. The van der Waals surface area contributed by atoms with Gasteiger partial charge in [0.2, 0.25) is 5.72 Å². The largest absolute Gasteiger partial charge is 0.464 e. The number of benzene rings is 3. The number of Topliss-reactive ketones (excluding diaryl/α,β-unsaturated/α-hetero) is 1. The SMILES string of the molecule is C[C@](Oc1ccc2c(c1CNc1cccc3cccnc13)CCCC2=O)(c1ccccc1)N1C=NCC1. The van der Waals surface area contributed by atoms with E-state index >= 15 is 0 Å². The molecule has 4 aromatic rings. The lowest BCUT2D eigenvalue weighted by Crippen LogP contribution is -2.47. The molecule has 6 rings (SSSR count). The molecule has 0 saturated heterocycles. The summed E-state index contributed by atoms with van der Waals surface area (Å²) in [5.74, 6) is 0.985. The molecule has 37 heavy (non-hydrogen) atoms. The summed E-state index contributed by atoms with van der Waals surface area (Å²) in [5.41, 5.74) is 5.11. The van der Waals surface area contributed by atoms with Gasteiger partial charge in [-0.2, -0.15) is 0 Å². The van der Waals surface area contributed by atoms with Gasteiger partial charge in [-0.1, -0.05) is 48.5 Å². The molecule has 0 spiro atoms. The maximum atomic E-state index is 12.8. The number of ketones is 1. The first-order valence-electron chi connectivity index (χ1n) is 12.9. The van der Waals surface area contributed by atoms with Crippen LogP contribution >= 0.6 is 0 Å². The molecule has 0 bridgehead atoms. The summed E-state index contributed by atoms with van der Waals surface area (Å²) in [6.07, 6.45) is 6.01. The number of anilines is 1. The zero-order chi connectivity index (χ0) is 25.2. The normalized spacial score (nSPS) is 16.5. The standard InChI is InChI=1S/C31H30N4O2/c1-31(35-19-18-32-21-35,23-10-3-2-4-11-23)37-29-16-15-25-24(12-6-14-28(25)36)26(29)20-34-27-13-5-8-22-9-7-17-33-30(22)27/h2-5,7-11,13,15-17,21,34H,6,12,14,18-20H2,1H3/t31-/m0/s1. The van der Waals surface area contributed by atoms with Crippen LogP contribution in [0.3, 0.4) is 0 Å². The van der Waals surface area contributed by atoms with Crippen molar-refractivity contribution in [1.82, 2.24) is 9.88 Å². The third-order valence-corrected chi connectivity index (χ3v) is 7.46. The second kappa shape index (κ2) is 9.69. The van der Waals surface area contributed by atoms with E-state index in [1.54, 1.807) is 0 Å². The Kier molecular flexibility index (Phi) is 6.08. The number of fused-ring (bicyclic) bond motifs is 2. The van der Waals surface area contributed by atoms with E-state index in [9.17, 15) is 4.79 Å². The molecule has 3 aromatic carbocycles. The van der Waals surface area contributed by atoms with Crippen molar-refractivity contribution in [2.24, 2.45) is 4.99 Å². The maximum Gasteiger partial charge on any atom is 0.207 e. The smallest absolute Gasteiger partial charge is 0.207 e. The fourth-order valence-electron chi connectivity index (χ4n) is 5.45. The Hall–Kier alpha value is -4.19. The topological polar surface area (TPSA) is 66.8 Å². The number of para-hydroxylation sites is 1. The number of carbonyl (C=O) groups excluding carboxylic acids is 1. The van der Waals surface area contributed by atoms with Gasteiger partial charge in [0, 0.05) is 47.8 Å². The van der Waals surface area contributed by atoms with Crippen molar-refractivity contribution in [3.05, 3.63) is 101 Å². The number of hydrogen-bond donors (Lipinski definition) is 1. The Labute approximate surface area is 217 Å². The second-order valence-electron chi connectivity index (χ2n) is 9.75. The van der Waals surface area contributed by atoms with Crippen LogP contribution in [0.25, 0.3) is 10.9 Å². The third-order valence-electron chi connectivity index (χ3n) is 7.46. The molecule has 0 saturated carbocycles. The molecule has 0 radical (unpaired) electrons. The van der Waals surface area contributed by atoms with Crippen LogP contribution in [0.15, 0.2) is 84.0 Å². The average molecular weight is 491 g/mol. The molecular weight excluding hydrogens is 460 g/mol. The predicted molar refractivity (Wildman–Crippen MR) is 147 cm³/mol. The van der Waals surface area contributed by atoms with Crippen LogP contribution in [0.5, 0.6) is 5.75 Å². The summed E-state index contributed by atoms with van der Waals surface area (Å²) < 4.78 is 6.95. The summed E-state index contributed by atoms with van der Waals surface area (Å²) in [4.78, 5) is 24.0. The molecule has 6 nitrogen and oxygen atoms in total. The summed E-state index contributed by atoms with van der Waals surface area (Å²) in [6, 6.07) is 24.3. The van der Waals surface area contributed by atoms with Crippen molar-refractivity contribution in [1.29, 1.82) is 0 Å². The Balaban J connectivity index is 1.42. The number of carbonyl (C=O) groups is 1. The van der Waals surface area contributed by atoms with Gasteiger partial charge in [-0.3, -0.25) is 14.8 Å². The van der Waals surface area contributed by atoms with Crippen molar-refractivity contribution in [2.45, 2.75) is 38.5 Å². The quantitative estimate of drug-likeness (QED) is 0.346. The molecule has 1 N–H and O–H groups in total. The Morgan fingerprint density at radius 1 is 1.00 bits per heavy atom. The van der Waals surface area contributed by atoms with Crippen LogP contribution in [0, 0.1) is 0 Å². The molecule has 1 aliphatic carbocycles. The molecule has 1 atom stereocenters. The molecule has 1 aromatic heterocycles. The van der Waals surface area contributed by atoms with Gasteiger partial charge >= 0.3 is 0 Å². The number of pyridine rings is 1. The lowest BCUT2D eigenvalue weighted by molar-refractivity contribution is -0.0259. The number of ether oxygens (including phenoxy) is 1. The summed E-state index contributed by atoms with van der Waals surface area (Å²) in [7, 11) is 0. The highest BCUT2D eigenvalue weighted by molar-refractivity contribution is 5.99. The highest BCUT2D eigenvalue weighted by Gasteiger charge is 2.37. The van der Waals surface area contributed by atoms with Gasteiger partial charge in [-0.05, 0) is 49.6 Å². The van der Waals surface area contributed by atoms with Crippen LogP contribution in [-0.2, 0) is 18.7 Å². The van der Waals surface area contributed by atoms with Crippen molar-refractivity contribution in [2.75, 3.05) is 18.4 Å². The minimum absolute atomic E-state index is 0.207. The summed E-state index contributed by atoms with van der Waals surface area (Å²) in [5, 5.41) is 4.69. The Bertz CT molecular complexity index is 1480. The van der Waals surface area contributed by atoms with E-state index in [-0.39, 0.29) is 5.78 Å². The van der Waals surface area contributed by atoms with E-state index in [0.29, 0.717) is 13.0 Å². The van der Waals surface area contributed by atoms with Gasteiger partial charge in [0.05, 0.1) is 24.1 Å². The molecule has 2 aliphatic rings. The van der Waals surface area contributed by atoms with E-state index in [2.05, 4.69) is 51.4 Å². The Morgan fingerprint density at radius 2 is 1.86 bits per heavy atom. The molecule has 0 fully saturated rings. The number of aromatic nitrogens is 1. The third kappa shape index (κ3) is 4.33. The van der Waals surface area contributed by atoms with Crippen molar-refractivity contribution in [3.63, 3.8) is 0 Å². The minimum atomic E-state index is -0.746. The minimum Gasteiger partial charge on any atom is -0.464 e. The van der Waals surface area contributed by atoms with Crippen LogP contribution in [-0.4, -0.2) is 35.1 Å². The fraction of sp³-hybridized carbons (Fsp3) is 0.258. The van der Waals surface area contributed by atoms with Gasteiger partial charge in [-0.25, -0.2) is 0 Å². The molecule has 1 aliphatic heterocycles. The molecule has 2 heterocycles. The number of rotatable bonds is 7. The van der Waals surface area contributed by atoms with Crippen LogP contribution in [0.1, 0.15) is 46.8 Å². The van der Waals surface area contributed by atoms with E-state index in [0.717, 1.165) is 70.5 Å². The van der Waals surface area contributed by atoms with E-state index in [4.69, 9.17) is 4.74 Å². The Morgan fingerprint density at radius 3 is 2.70 bits per heavy atom. The van der Waals surface area contributed by atoms with Gasteiger partial charge in [0.25, 0.3) is 0 Å². The molecular formula is C31H30N4O2. The van der Waals surface area contributed by atoms with E-state index in [1.165, 1.54) is 0 Å².